The molecule has 0 aromatic heterocycles. The molecular formula is C10H14FNS. The summed E-state index contributed by atoms with van der Waals surface area (Å²) in [6, 6.07) is 4.88. The number of halogens is 1. The predicted molar refractivity (Wildman–Crippen MR) is 57.3 cm³/mol. The van der Waals surface area contributed by atoms with Crippen LogP contribution in [0.3, 0.4) is 0 Å². The number of hydrogen-bond acceptors (Lipinski definition) is 2. The molecule has 0 fully saturated rings. The van der Waals surface area contributed by atoms with Crippen molar-refractivity contribution in [2.75, 3.05) is 11.5 Å². The third kappa shape index (κ3) is 3.27. The second-order valence-electron chi connectivity index (χ2n) is 2.90. The van der Waals surface area contributed by atoms with Crippen LogP contribution >= 0.6 is 11.8 Å². The highest BCUT2D eigenvalue weighted by Crippen LogP contribution is 2.18. The molecule has 0 atom stereocenters. The molecule has 0 saturated heterocycles. The van der Waals surface area contributed by atoms with Gasteiger partial charge in [0.1, 0.15) is 5.82 Å². The molecule has 72 valence electrons. The van der Waals surface area contributed by atoms with Crippen LogP contribution in [0, 0.1) is 5.82 Å². The Morgan fingerprint density at radius 2 is 2.23 bits per heavy atom. The van der Waals surface area contributed by atoms with Crippen LogP contribution in [0.15, 0.2) is 18.2 Å². The highest BCUT2D eigenvalue weighted by molar-refractivity contribution is 7.98. The highest BCUT2D eigenvalue weighted by Gasteiger charge is 2.01. The van der Waals surface area contributed by atoms with Gasteiger partial charge in [0.15, 0.2) is 0 Å². The van der Waals surface area contributed by atoms with Crippen molar-refractivity contribution in [2.24, 2.45) is 0 Å². The fourth-order valence-electron chi connectivity index (χ4n) is 1.01. The Labute approximate surface area is 82.5 Å². The van der Waals surface area contributed by atoms with Crippen molar-refractivity contribution in [3.8, 4) is 0 Å². The number of anilines is 1. The number of hydrogen-bond donors (Lipinski definition) is 1. The SMILES string of the molecule is CCCSCc1ccc(N)cc1F. The zero-order chi connectivity index (χ0) is 9.68. The molecule has 1 rings (SSSR count). The van der Waals surface area contributed by atoms with Gasteiger partial charge in [-0.15, -0.1) is 0 Å². The molecule has 0 spiro atoms. The zero-order valence-electron chi connectivity index (χ0n) is 7.72. The topological polar surface area (TPSA) is 26.0 Å². The van der Waals surface area contributed by atoms with Gasteiger partial charge in [0.25, 0.3) is 0 Å². The summed E-state index contributed by atoms with van der Waals surface area (Å²) in [6.45, 7) is 2.12. The smallest absolute Gasteiger partial charge is 0.129 e. The van der Waals surface area contributed by atoms with E-state index in [0.717, 1.165) is 23.5 Å². The van der Waals surface area contributed by atoms with Crippen LogP contribution in [-0.4, -0.2) is 5.75 Å². The first-order valence-electron chi connectivity index (χ1n) is 4.35. The maximum absolute atomic E-state index is 13.2. The Balaban J connectivity index is 2.56. The van der Waals surface area contributed by atoms with Crippen molar-refractivity contribution in [1.82, 2.24) is 0 Å². The molecule has 0 heterocycles. The van der Waals surface area contributed by atoms with Gasteiger partial charge < -0.3 is 5.73 Å². The summed E-state index contributed by atoms with van der Waals surface area (Å²) < 4.78 is 13.2. The van der Waals surface area contributed by atoms with Crippen LogP contribution in [0.1, 0.15) is 18.9 Å². The Bertz CT molecular complexity index is 276. The standard InChI is InChI=1S/C10H14FNS/c1-2-5-13-7-8-3-4-9(12)6-10(8)11/h3-4,6H,2,5,7,12H2,1H3. The van der Waals surface area contributed by atoms with E-state index < -0.39 is 0 Å². The lowest BCUT2D eigenvalue weighted by Crippen LogP contribution is -1.92. The second kappa shape index (κ2) is 5.12. The molecule has 0 saturated carbocycles. The van der Waals surface area contributed by atoms with Crippen LogP contribution in [0.25, 0.3) is 0 Å². The minimum Gasteiger partial charge on any atom is -0.399 e. The molecule has 2 N–H and O–H groups in total. The molecule has 0 aliphatic heterocycles. The van der Waals surface area contributed by atoms with Crippen molar-refractivity contribution < 1.29 is 4.39 Å². The van der Waals surface area contributed by atoms with Crippen LogP contribution in [-0.2, 0) is 5.75 Å². The molecule has 0 aliphatic rings. The molecule has 0 unspecified atom stereocenters. The lowest BCUT2D eigenvalue weighted by Gasteiger charge is -2.02. The molecule has 3 heteroatoms. The van der Waals surface area contributed by atoms with Gasteiger partial charge in [-0.05, 0) is 29.9 Å². The van der Waals surface area contributed by atoms with Crippen molar-refractivity contribution >= 4 is 17.4 Å². The second-order valence-corrected chi connectivity index (χ2v) is 4.01. The van der Waals surface area contributed by atoms with Crippen LogP contribution < -0.4 is 5.73 Å². The first kappa shape index (κ1) is 10.4. The molecule has 0 radical (unpaired) electrons. The summed E-state index contributed by atoms with van der Waals surface area (Å²) >= 11 is 1.75. The summed E-state index contributed by atoms with van der Waals surface area (Å²) in [5.41, 5.74) is 6.67. The lowest BCUT2D eigenvalue weighted by atomic mass is 10.2. The summed E-state index contributed by atoms with van der Waals surface area (Å²) in [4.78, 5) is 0. The maximum atomic E-state index is 13.2. The Morgan fingerprint density at radius 3 is 2.85 bits per heavy atom. The summed E-state index contributed by atoms with van der Waals surface area (Å²) in [5, 5.41) is 0. The predicted octanol–water partition coefficient (Wildman–Crippen LogP) is 3.05. The molecule has 0 amide bonds. The zero-order valence-corrected chi connectivity index (χ0v) is 8.53. The minimum absolute atomic E-state index is 0.191. The molecule has 0 aliphatic carbocycles. The van der Waals surface area contributed by atoms with Gasteiger partial charge in [0.05, 0.1) is 0 Å². The van der Waals surface area contributed by atoms with E-state index in [1.807, 2.05) is 0 Å². The maximum Gasteiger partial charge on any atom is 0.129 e. The molecule has 1 aromatic rings. The van der Waals surface area contributed by atoms with Gasteiger partial charge in [0.2, 0.25) is 0 Å². The van der Waals surface area contributed by atoms with Crippen molar-refractivity contribution in [1.29, 1.82) is 0 Å². The van der Waals surface area contributed by atoms with E-state index >= 15 is 0 Å². The van der Waals surface area contributed by atoms with Crippen molar-refractivity contribution in [3.05, 3.63) is 29.6 Å². The quantitative estimate of drug-likeness (QED) is 0.595. The molecule has 0 bridgehead atoms. The highest BCUT2D eigenvalue weighted by atomic mass is 32.2. The van der Waals surface area contributed by atoms with E-state index in [-0.39, 0.29) is 5.82 Å². The van der Waals surface area contributed by atoms with Gasteiger partial charge in [-0.1, -0.05) is 13.0 Å². The van der Waals surface area contributed by atoms with E-state index in [9.17, 15) is 4.39 Å². The number of rotatable bonds is 4. The summed E-state index contributed by atoms with van der Waals surface area (Å²) in [7, 11) is 0. The van der Waals surface area contributed by atoms with Gasteiger partial charge >= 0.3 is 0 Å². The summed E-state index contributed by atoms with van der Waals surface area (Å²) in [5.74, 6) is 1.62. The molecule has 1 aromatic carbocycles. The van der Waals surface area contributed by atoms with Gasteiger partial charge in [-0.3, -0.25) is 0 Å². The molecule has 1 nitrogen and oxygen atoms in total. The number of thioether (sulfide) groups is 1. The fraction of sp³-hybridized carbons (Fsp3) is 0.400. The Kier molecular flexibility index (Phi) is 4.09. The first-order valence-corrected chi connectivity index (χ1v) is 5.51. The molecule has 13 heavy (non-hydrogen) atoms. The largest absolute Gasteiger partial charge is 0.399 e. The average molecular weight is 199 g/mol. The first-order chi connectivity index (χ1) is 6.24. The average Bonchev–Trinajstić information content (AvgIpc) is 2.09. The van der Waals surface area contributed by atoms with Gasteiger partial charge in [0, 0.05) is 11.4 Å². The number of nitrogens with two attached hydrogens (primary N) is 1. The fourth-order valence-corrected chi connectivity index (χ4v) is 1.89. The number of benzene rings is 1. The monoisotopic (exact) mass is 199 g/mol. The normalized spacial score (nSPS) is 10.3. The third-order valence-corrected chi connectivity index (χ3v) is 2.90. The third-order valence-electron chi connectivity index (χ3n) is 1.68. The number of nitrogen functional groups attached to an aromatic ring is 1. The Morgan fingerprint density at radius 1 is 1.46 bits per heavy atom. The van der Waals surface area contributed by atoms with Crippen LogP contribution in [0.2, 0.25) is 0 Å². The van der Waals surface area contributed by atoms with Crippen LogP contribution in [0.4, 0.5) is 10.1 Å². The minimum atomic E-state index is -0.191. The van der Waals surface area contributed by atoms with Crippen molar-refractivity contribution in [2.45, 2.75) is 19.1 Å². The van der Waals surface area contributed by atoms with Gasteiger partial charge in [-0.2, -0.15) is 11.8 Å². The van der Waals surface area contributed by atoms with E-state index in [1.54, 1.807) is 23.9 Å². The van der Waals surface area contributed by atoms with Crippen molar-refractivity contribution in [3.63, 3.8) is 0 Å². The summed E-state index contributed by atoms with van der Waals surface area (Å²) in [6.07, 6.45) is 1.13. The van der Waals surface area contributed by atoms with Gasteiger partial charge in [-0.25, -0.2) is 4.39 Å². The molecular weight excluding hydrogens is 185 g/mol. The Hall–Kier alpha value is -0.700. The van der Waals surface area contributed by atoms with E-state index in [4.69, 9.17) is 5.73 Å². The lowest BCUT2D eigenvalue weighted by molar-refractivity contribution is 0.618. The van der Waals surface area contributed by atoms with E-state index in [0.29, 0.717) is 5.69 Å². The van der Waals surface area contributed by atoms with E-state index in [1.165, 1.54) is 6.07 Å². The van der Waals surface area contributed by atoms with E-state index in [2.05, 4.69) is 6.92 Å². The van der Waals surface area contributed by atoms with Crippen LogP contribution in [0.5, 0.6) is 0 Å².